The van der Waals surface area contributed by atoms with Crippen LogP contribution in [0.2, 0.25) is 0 Å². The number of hydrogen-bond acceptors (Lipinski definition) is 3. The minimum Gasteiger partial charge on any atom is -0.391 e. The molecule has 2 N–H and O–H groups in total. The van der Waals surface area contributed by atoms with Gasteiger partial charge < -0.3 is 10.4 Å². The van der Waals surface area contributed by atoms with Crippen LogP contribution in [0.1, 0.15) is 39.5 Å². The Bertz CT molecular complexity index is 190. The molecule has 1 rings (SSSR count). The van der Waals surface area contributed by atoms with Crippen molar-refractivity contribution in [3.8, 4) is 0 Å². The molecule has 1 aliphatic heterocycles. The zero-order chi connectivity index (χ0) is 10.4. The quantitative estimate of drug-likeness (QED) is 0.723. The van der Waals surface area contributed by atoms with Crippen LogP contribution in [0.15, 0.2) is 4.99 Å². The van der Waals surface area contributed by atoms with Gasteiger partial charge in [-0.1, -0.05) is 20.3 Å². The lowest BCUT2D eigenvalue weighted by atomic mass is 10.1. The molecule has 0 fully saturated rings. The summed E-state index contributed by atoms with van der Waals surface area (Å²) in [6.07, 6.45) is 4.49. The number of nitrogens with one attached hydrogen (secondary N) is 1. The zero-order valence-electron chi connectivity index (χ0n) is 9.29. The number of aliphatic hydroxyl groups excluding tert-OH is 1. The maximum atomic E-state index is 9.61. The van der Waals surface area contributed by atoms with Crippen molar-refractivity contribution < 1.29 is 5.11 Å². The standard InChI is InChI=1S/C11H22N2O/c1-9(2)10(14)8-13-11-6-4-3-5-7-12-11/h9-10,14H,3-8H2,1-2H3,(H,12,13). The molecule has 0 saturated carbocycles. The Morgan fingerprint density at radius 3 is 2.86 bits per heavy atom. The monoisotopic (exact) mass is 198 g/mol. The molecule has 0 aromatic carbocycles. The fraction of sp³-hybridized carbons (Fsp3) is 0.909. The van der Waals surface area contributed by atoms with Crippen molar-refractivity contribution in [3.63, 3.8) is 0 Å². The third-order valence-corrected chi connectivity index (χ3v) is 2.66. The average molecular weight is 198 g/mol. The molecule has 1 atom stereocenters. The Kier molecular flexibility index (Phi) is 4.94. The molecule has 3 nitrogen and oxygen atoms in total. The first-order chi connectivity index (χ1) is 6.70. The highest BCUT2D eigenvalue weighted by atomic mass is 16.3. The fourth-order valence-electron chi connectivity index (χ4n) is 1.48. The first-order valence-corrected chi connectivity index (χ1v) is 5.65. The van der Waals surface area contributed by atoms with Crippen LogP contribution in [0, 0.1) is 5.92 Å². The van der Waals surface area contributed by atoms with Crippen LogP contribution in [-0.4, -0.2) is 30.1 Å². The second kappa shape index (κ2) is 6.02. The van der Waals surface area contributed by atoms with Crippen LogP contribution < -0.4 is 5.32 Å². The molecule has 0 aliphatic carbocycles. The molecule has 82 valence electrons. The van der Waals surface area contributed by atoms with Crippen molar-refractivity contribution in [1.82, 2.24) is 5.32 Å². The summed E-state index contributed by atoms with van der Waals surface area (Å²) in [5, 5.41) is 12.9. The predicted molar refractivity (Wildman–Crippen MR) is 59.6 cm³/mol. The third-order valence-electron chi connectivity index (χ3n) is 2.66. The highest BCUT2D eigenvalue weighted by Crippen LogP contribution is 2.06. The van der Waals surface area contributed by atoms with E-state index in [1.807, 2.05) is 13.8 Å². The topological polar surface area (TPSA) is 44.6 Å². The molecule has 3 heteroatoms. The van der Waals surface area contributed by atoms with Crippen LogP contribution in [0.3, 0.4) is 0 Å². The summed E-state index contributed by atoms with van der Waals surface area (Å²) < 4.78 is 0. The van der Waals surface area contributed by atoms with Gasteiger partial charge in [0.25, 0.3) is 0 Å². The zero-order valence-corrected chi connectivity index (χ0v) is 9.29. The predicted octanol–water partition coefficient (Wildman–Crippen LogP) is 1.57. The van der Waals surface area contributed by atoms with Gasteiger partial charge >= 0.3 is 0 Å². The fourth-order valence-corrected chi connectivity index (χ4v) is 1.48. The van der Waals surface area contributed by atoms with Gasteiger partial charge in [0.1, 0.15) is 0 Å². The summed E-state index contributed by atoms with van der Waals surface area (Å²) in [6.45, 7) is 5.64. The van der Waals surface area contributed by atoms with E-state index >= 15 is 0 Å². The number of aliphatic imine (C=N–C) groups is 1. The first kappa shape index (κ1) is 11.5. The highest BCUT2D eigenvalue weighted by molar-refractivity contribution is 5.82. The van der Waals surface area contributed by atoms with Crippen molar-refractivity contribution >= 4 is 5.84 Å². The van der Waals surface area contributed by atoms with Gasteiger partial charge in [-0.15, -0.1) is 0 Å². The van der Waals surface area contributed by atoms with E-state index in [1.54, 1.807) is 0 Å². The van der Waals surface area contributed by atoms with Gasteiger partial charge in [-0.2, -0.15) is 0 Å². The Morgan fingerprint density at radius 1 is 1.36 bits per heavy atom. The largest absolute Gasteiger partial charge is 0.391 e. The molecule has 1 aliphatic rings. The molecule has 0 bridgehead atoms. The summed E-state index contributed by atoms with van der Waals surface area (Å²) in [5.41, 5.74) is 0. The van der Waals surface area contributed by atoms with E-state index in [2.05, 4.69) is 10.3 Å². The minimum absolute atomic E-state index is 0.263. The molecule has 0 aromatic rings. The molecule has 0 spiro atoms. The maximum absolute atomic E-state index is 9.61. The Hall–Kier alpha value is -0.570. The van der Waals surface area contributed by atoms with E-state index in [4.69, 9.17) is 0 Å². The number of rotatable bonds is 3. The van der Waals surface area contributed by atoms with Crippen LogP contribution >= 0.6 is 0 Å². The Balaban J connectivity index is 2.25. The number of amidine groups is 1. The van der Waals surface area contributed by atoms with Crippen molar-refractivity contribution in [3.05, 3.63) is 0 Å². The highest BCUT2D eigenvalue weighted by Gasteiger charge is 2.10. The molecule has 14 heavy (non-hydrogen) atoms. The van der Waals surface area contributed by atoms with Crippen LogP contribution in [0.25, 0.3) is 0 Å². The van der Waals surface area contributed by atoms with Crippen LogP contribution in [0.4, 0.5) is 0 Å². The summed E-state index contributed by atoms with van der Waals surface area (Å²) in [6, 6.07) is 0. The SMILES string of the molecule is CC(C)C(O)CNC1=NCCCCC1. The van der Waals surface area contributed by atoms with Crippen molar-refractivity contribution in [1.29, 1.82) is 0 Å². The molecular weight excluding hydrogens is 176 g/mol. The van der Waals surface area contributed by atoms with Gasteiger partial charge in [-0.25, -0.2) is 0 Å². The third kappa shape index (κ3) is 4.09. The summed E-state index contributed by atoms with van der Waals surface area (Å²) in [7, 11) is 0. The second-order valence-corrected chi connectivity index (χ2v) is 4.33. The smallest absolute Gasteiger partial charge is 0.0963 e. The molecule has 0 saturated heterocycles. The van der Waals surface area contributed by atoms with E-state index in [0.29, 0.717) is 12.5 Å². The van der Waals surface area contributed by atoms with E-state index in [9.17, 15) is 5.11 Å². The van der Waals surface area contributed by atoms with Gasteiger partial charge in [-0.3, -0.25) is 4.99 Å². The summed E-state index contributed by atoms with van der Waals surface area (Å²) in [5.74, 6) is 1.40. The molecule has 1 unspecified atom stereocenters. The summed E-state index contributed by atoms with van der Waals surface area (Å²) in [4.78, 5) is 4.45. The van der Waals surface area contributed by atoms with Gasteiger partial charge in [0.2, 0.25) is 0 Å². The van der Waals surface area contributed by atoms with Gasteiger partial charge in [-0.05, 0) is 18.8 Å². The van der Waals surface area contributed by atoms with Gasteiger partial charge in [0.05, 0.1) is 11.9 Å². The van der Waals surface area contributed by atoms with E-state index in [1.165, 1.54) is 19.3 Å². The molecular formula is C11H22N2O. The number of nitrogens with zero attached hydrogens (tertiary/aromatic N) is 1. The van der Waals surface area contributed by atoms with Crippen molar-refractivity contribution in [2.45, 2.75) is 45.6 Å². The van der Waals surface area contributed by atoms with Crippen molar-refractivity contribution in [2.75, 3.05) is 13.1 Å². The van der Waals surface area contributed by atoms with E-state index < -0.39 is 0 Å². The maximum Gasteiger partial charge on any atom is 0.0963 e. The second-order valence-electron chi connectivity index (χ2n) is 4.33. The Morgan fingerprint density at radius 2 is 2.14 bits per heavy atom. The first-order valence-electron chi connectivity index (χ1n) is 5.65. The van der Waals surface area contributed by atoms with Crippen molar-refractivity contribution in [2.24, 2.45) is 10.9 Å². The average Bonchev–Trinajstić information content (AvgIpc) is 2.42. The molecule has 0 aromatic heterocycles. The van der Waals surface area contributed by atoms with Crippen LogP contribution in [0.5, 0.6) is 0 Å². The molecule has 1 heterocycles. The lowest BCUT2D eigenvalue weighted by molar-refractivity contribution is 0.128. The Labute approximate surface area is 86.6 Å². The van der Waals surface area contributed by atoms with E-state index in [-0.39, 0.29) is 6.10 Å². The van der Waals surface area contributed by atoms with Crippen LogP contribution in [-0.2, 0) is 0 Å². The van der Waals surface area contributed by atoms with Gasteiger partial charge in [0, 0.05) is 19.5 Å². The summed E-state index contributed by atoms with van der Waals surface area (Å²) >= 11 is 0. The molecule has 0 radical (unpaired) electrons. The normalized spacial score (nSPS) is 20.1. The van der Waals surface area contributed by atoms with E-state index in [0.717, 1.165) is 18.8 Å². The van der Waals surface area contributed by atoms with Gasteiger partial charge in [0.15, 0.2) is 0 Å². The lowest BCUT2D eigenvalue weighted by Gasteiger charge is -2.16. The minimum atomic E-state index is -0.263. The number of aliphatic hydroxyl groups is 1. The number of hydrogen-bond donors (Lipinski definition) is 2. The molecule has 0 amide bonds. The lowest BCUT2D eigenvalue weighted by Crippen LogP contribution is -2.34.